The molecule has 0 atom stereocenters. The fourth-order valence-corrected chi connectivity index (χ4v) is 1.12. The number of aromatic hydroxyl groups is 1. The largest absolute Gasteiger partial charge is 0.506 e. The van der Waals surface area contributed by atoms with Gasteiger partial charge in [0.15, 0.2) is 0 Å². The first-order valence-corrected chi connectivity index (χ1v) is 5.21. The van der Waals surface area contributed by atoms with Gasteiger partial charge < -0.3 is 15.7 Å². The van der Waals surface area contributed by atoms with Crippen LogP contribution >= 0.6 is 0 Å². The number of phenolic OH excluding ortho intramolecular Hbond substituents is 1. The van der Waals surface area contributed by atoms with Crippen LogP contribution in [0.2, 0.25) is 0 Å². The topological polar surface area (TPSA) is 61.4 Å². The predicted molar refractivity (Wildman–Crippen MR) is 64.5 cm³/mol. The van der Waals surface area contributed by atoms with Gasteiger partial charge in [-0.3, -0.25) is 4.79 Å². The number of phenols is 1. The number of anilines is 1. The van der Waals surface area contributed by atoms with Crippen LogP contribution < -0.4 is 10.6 Å². The SMILES string of the molecule is CC(C)(C)NCC(=O)Nc1ccccc1O. The zero-order valence-electron chi connectivity index (χ0n) is 9.87. The van der Waals surface area contributed by atoms with Crippen LogP contribution in [-0.2, 0) is 4.79 Å². The molecular weight excluding hydrogens is 204 g/mol. The van der Waals surface area contributed by atoms with Crippen LogP contribution in [0.1, 0.15) is 20.8 Å². The highest BCUT2D eigenvalue weighted by Crippen LogP contribution is 2.21. The highest BCUT2D eigenvalue weighted by molar-refractivity contribution is 5.93. The van der Waals surface area contributed by atoms with Crippen LogP contribution in [0.25, 0.3) is 0 Å². The Labute approximate surface area is 95.7 Å². The Morgan fingerprint density at radius 1 is 1.31 bits per heavy atom. The maximum Gasteiger partial charge on any atom is 0.238 e. The minimum atomic E-state index is -0.170. The zero-order chi connectivity index (χ0) is 12.2. The number of carbonyl (C=O) groups excluding carboxylic acids is 1. The van der Waals surface area contributed by atoms with Gasteiger partial charge in [0.25, 0.3) is 0 Å². The van der Waals surface area contributed by atoms with E-state index in [1.807, 2.05) is 20.8 Å². The van der Waals surface area contributed by atoms with Crippen LogP contribution in [-0.4, -0.2) is 23.1 Å². The van der Waals surface area contributed by atoms with Crippen molar-refractivity contribution in [2.75, 3.05) is 11.9 Å². The lowest BCUT2D eigenvalue weighted by atomic mass is 10.1. The van der Waals surface area contributed by atoms with Crippen LogP contribution in [0.4, 0.5) is 5.69 Å². The highest BCUT2D eigenvalue weighted by atomic mass is 16.3. The molecule has 4 nitrogen and oxygen atoms in total. The van der Waals surface area contributed by atoms with Gasteiger partial charge in [0.1, 0.15) is 5.75 Å². The van der Waals surface area contributed by atoms with E-state index in [4.69, 9.17) is 0 Å². The van der Waals surface area contributed by atoms with Crippen molar-refractivity contribution in [3.05, 3.63) is 24.3 Å². The third kappa shape index (κ3) is 4.31. The zero-order valence-corrected chi connectivity index (χ0v) is 9.87. The Morgan fingerprint density at radius 3 is 2.50 bits per heavy atom. The summed E-state index contributed by atoms with van der Waals surface area (Å²) in [6.07, 6.45) is 0. The second-order valence-electron chi connectivity index (χ2n) is 4.67. The summed E-state index contributed by atoms with van der Waals surface area (Å²) >= 11 is 0. The van der Waals surface area contributed by atoms with E-state index in [9.17, 15) is 9.90 Å². The van der Waals surface area contributed by atoms with Crippen LogP contribution in [0.3, 0.4) is 0 Å². The monoisotopic (exact) mass is 222 g/mol. The number of benzene rings is 1. The van der Waals surface area contributed by atoms with E-state index in [1.165, 1.54) is 6.07 Å². The summed E-state index contributed by atoms with van der Waals surface area (Å²) in [4.78, 5) is 11.5. The molecule has 4 heteroatoms. The Kier molecular flexibility index (Phi) is 3.90. The molecule has 1 amide bonds. The lowest BCUT2D eigenvalue weighted by Crippen LogP contribution is -2.41. The summed E-state index contributed by atoms with van der Waals surface area (Å²) in [6, 6.07) is 6.65. The fourth-order valence-electron chi connectivity index (χ4n) is 1.12. The van der Waals surface area contributed by atoms with Crippen molar-refractivity contribution in [3.63, 3.8) is 0 Å². The number of hydrogen-bond donors (Lipinski definition) is 3. The molecule has 3 N–H and O–H groups in total. The van der Waals surface area contributed by atoms with Crippen LogP contribution in [0.5, 0.6) is 5.75 Å². The van der Waals surface area contributed by atoms with Crippen molar-refractivity contribution in [1.29, 1.82) is 0 Å². The summed E-state index contributed by atoms with van der Waals surface area (Å²) in [6.45, 7) is 6.18. The molecule has 0 fully saturated rings. The highest BCUT2D eigenvalue weighted by Gasteiger charge is 2.11. The summed E-state index contributed by atoms with van der Waals surface area (Å²) in [5, 5.41) is 15.2. The maximum atomic E-state index is 11.5. The van der Waals surface area contributed by atoms with Gasteiger partial charge in [-0.1, -0.05) is 12.1 Å². The molecule has 1 rings (SSSR count). The van der Waals surface area contributed by atoms with E-state index in [1.54, 1.807) is 18.2 Å². The number of amides is 1. The van der Waals surface area contributed by atoms with Crippen molar-refractivity contribution >= 4 is 11.6 Å². The van der Waals surface area contributed by atoms with Gasteiger partial charge in [0, 0.05) is 5.54 Å². The van der Waals surface area contributed by atoms with Crippen LogP contribution in [0.15, 0.2) is 24.3 Å². The normalized spacial score (nSPS) is 11.2. The number of nitrogens with one attached hydrogen (secondary N) is 2. The Hall–Kier alpha value is -1.55. The van der Waals surface area contributed by atoms with Crippen molar-refractivity contribution in [3.8, 4) is 5.75 Å². The lowest BCUT2D eigenvalue weighted by molar-refractivity contribution is -0.115. The number of carbonyl (C=O) groups is 1. The van der Waals surface area contributed by atoms with E-state index in [2.05, 4.69) is 10.6 Å². The molecule has 1 aromatic carbocycles. The molecule has 0 heterocycles. The van der Waals surface area contributed by atoms with Crippen molar-refractivity contribution in [1.82, 2.24) is 5.32 Å². The summed E-state index contributed by atoms with van der Waals surface area (Å²) in [7, 11) is 0. The van der Waals surface area contributed by atoms with Gasteiger partial charge in [-0.15, -0.1) is 0 Å². The Bertz CT molecular complexity index is 370. The van der Waals surface area contributed by atoms with Crippen molar-refractivity contribution in [2.45, 2.75) is 26.3 Å². The first-order valence-electron chi connectivity index (χ1n) is 5.21. The quantitative estimate of drug-likeness (QED) is 0.682. The van der Waals surface area contributed by atoms with E-state index in [0.29, 0.717) is 5.69 Å². The average Bonchev–Trinajstić information content (AvgIpc) is 2.18. The van der Waals surface area contributed by atoms with Crippen LogP contribution in [0, 0.1) is 0 Å². The second-order valence-corrected chi connectivity index (χ2v) is 4.67. The minimum absolute atomic E-state index is 0.0756. The van der Waals surface area contributed by atoms with Gasteiger partial charge in [-0.05, 0) is 32.9 Å². The molecule has 0 aromatic heterocycles. The summed E-state index contributed by atoms with van der Waals surface area (Å²) < 4.78 is 0. The van der Waals surface area contributed by atoms with Gasteiger partial charge in [-0.2, -0.15) is 0 Å². The standard InChI is InChI=1S/C12H18N2O2/c1-12(2,3)13-8-11(16)14-9-6-4-5-7-10(9)15/h4-7,13,15H,8H2,1-3H3,(H,14,16). The second kappa shape index (κ2) is 4.99. The predicted octanol–water partition coefficient (Wildman–Crippen LogP) is 1.72. The molecule has 88 valence electrons. The minimum Gasteiger partial charge on any atom is -0.506 e. The molecule has 0 spiro atoms. The molecule has 0 aliphatic carbocycles. The van der Waals surface area contributed by atoms with E-state index in [0.717, 1.165) is 0 Å². The molecule has 0 bridgehead atoms. The Morgan fingerprint density at radius 2 is 1.94 bits per heavy atom. The molecule has 16 heavy (non-hydrogen) atoms. The van der Waals surface area contributed by atoms with Gasteiger partial charge in [0.2, 0.25) is 5.91 Å². The first-order chi connectivity index (χ1) is 7.38. The maximum absolute atomic E-state index is 11.5. The fraction of sp³-hybridized carbons (Fsp3) is 0.417. The van der Waals surface area contributed by atoms with E-state index in [-0.39, 0.29) is 23.7 Å². The third-order valence-corrected chi connectivity index (χ3v) is 1.96. The number of hydrogen-bond acceptors (Lipinski definition) is 3. The smallest absolute Gasteiger partial charge is 0.238 e. The molecule has 0 saturated heterocycles. The average molecular weight is 222 g/mol. The summed E-state index contributed by atoms with van der Waals surface area (Å²) in [5.74, 6) is -0.0944. The van der Waals surface area contributed by atoms with E-state index >= 15 is 0 Å². The lowest BCUT2D eigenvalue weighted by Gasteiger charge is -2.20. The third-order valence-electron chi connectivity index (χ3n) is 1.96. The van der Waals surface area contributed by atoms with E-state index < -0.39 is 0 Å². The molecule has 0 aliphatic rings. The number of rotatable bonds is 3. The molecule has 0 saturated carbocycles. The van der Waals surface area contributed by atoms with Crippen molar-refractivity contribution < 1.29 is 9.90 Å². The van der Waals surface area contributed by atoms with Crippen molar-refractivity contribution in [2.24, 2.45) is 0 Å². The molecule has 1 aromatic rings. The van der Waals surface area contributed by atoms with Gasteiger partial charge in [-0.25, -0.2) is 0 Å². The molecule has 0 radical (unpaired) electrons. The molecule has 0 unspecified atom stereocenters. The first kappa shape index (κ1) is 12.5. The van der Waals surface area contributed by atoms with Gasteiger partial charge in [0.05, 0.1) is 12.2 Å². The molecule has 0 aliphatic heterocycles. The molecular formula is C12H18N2O2. The Balaban J connectivity index is 2.50. The van der Waals surface area contributed by atoms with Gasteiger partial charge >= 0.3 is 0 Å². The summed E-state index contributed by atoms with van der Waals surface area (Å²) in [5.41, 5.74) is 0.332. The number of para-hydroxylation sites is 2.